The van der Waals surface area contributed by atoms with E-state index in [-0.39, 0.29) is 6.61 Å². The monoisotopic (exact) mass is 283 g/mol. The number of carbonyl (C=O) groups is 2. The first-order valence-electron chi connectivity index (χ1n) is 6.69. The van der Waals surface area contributed by atoms with Crippen molar-refractivity contribution in [1.82, 2.24) is 0 Å². The molecule has 0 radical (unpaired) electrons. The Kier molecular flexibility index (Phi) is 5.23. The van der Waals surface area contributed by atoms with Crippen molar-refractivity contribution < 1.29 is 14.3 Å². The number of hydrogen-bond donors (Lipinski definition) is 1. The molecule has 1 unspecified atom stereocenters. The standard InChI is InChI=1S/C17H17NO3/c18-15(11-19)12-21-17(20)16(13-7-3-1-4-8-13)14-9-5-2-6-10-14/h1-11,15-16H,12,18H2. The minimum absolute atomic E-state index is 0.113. The van der Waals surface area contributed by atoms with Crippen molar-refractivity contribution in [1.29, 1.82) is 0 Å². The van der Waals surface area contributed by atoms with Gasteiger partial charge < -0.3 is 15.3 Å². The molecule has 0 aliphatic heterocycles. The average molecular weight is 283 g/mol. The second-order valence-corrected chi connectivity index (χ2v) is 4.68. The minimum atomic E-state index is -0.791. The highest BCUT2D eigenvalue weighted by atomic mass is 16.5. The van der Waals surface area contributed by atoms with Crippen LogP contribution in [0.1, 0.15) is 17.0 Å². The van der Waals surface area contributed by atoms with Crippen LogP contribution < -0.4 is 5.73 Å². The topological polar surface area (TPSA) is 69.4 Å². The largest absolute Gasteiger partial charge is 0.463 e. The summed E-state index contributed by atoms with van der Waals surface area (Å²) in [4.78, 5) is 22.9. The summed E-state index contributed by atoms with van der Waals surface area (Å²) in [5.74, 6) is -0.934. The molecule has 0 aliphatic rings. The van der Waals surface area contributed by atoms with Gasteiger partial charge in [0, 0.05) is 0 Å². The maximum atomic E-state index is 12.4. The zero-order valence-electron chi connectivity index (χ0n) is 11.5. The number of benzene rings is 2. The molecule has 1 atom stereocenters. The van der Waals surface area contributed by atoms with Crippen molar-refractivity contribution in [3.63, 3.8) is 0 Å². The summed E-state index contributed by atoms with van der Waals surface area (Å²) < 4.78 is 5.17. The lowest BCUT2D eigenvalue weighted by Crippen LogP contribution is -2.30. The quantitative estimate of drug-likeness (QED) is 0.649. The molecule has 2 N–H and O–H groups in total. The van der Waals surface area contributed by atoms with Crippen molar-refractivity contribution in [2.75, 3.05) is 6.61 Å². The first-order chi connectivity index (χ1) is 10.2. The summed E-state index contributed by atoms with van der Waals surface area (Å²) in [6, 6.07) is 18.0. The molecule has 0 bridgehead atoms. The molecule has 0 heterocycles. The van der Waals surface area contributed by atoms with E-state index in [2.05, 4.69) is 0 Å². The molecule has 108 valence electrons. The molecule has 0 saturated carbocycles. The van der Waals surface area contributed by atoms with E-state index in [4.69, 9.17) is 10.5 Å². The van der Waals surface area contributed by atoms with Crippen LogP contribution in [0.2, 0.25) is 0 Å². The Hall–Kier alpha value is -2.46. The van der Waals surface area contributed by atoms with Gasteiger partial charge in [0.1, 0.15) is 18.8 Å². The predicted molar refractivity (Wildman–Crippen MR) is 79.7 cm³/mol. The van der Waals surface area contributed by atoms with Crippen LogP contribution >= 0.6 is 0 Å². The number of rotatable bonds is 6. The van der Waals surface area contributed by atoms with Gasteiger partial charge in [-0.1, -0.05) is 60.7 Å². The molecule has 2 aromatic carbocycles. The zero-order valence-corrected chi connectivity index (χ0v) is 11.5. The minimum Gasteiger partial charge on any atom is -0.463 e. The van der Waals surface area contributed by atoms with Crippen molar-refractivity contribution in [3.8, 4) is 0 Å². The molecule has 4 heteroatoms. The predicted octanol–water partition coefficient (Wildman–Crippen LogP) is 1.89. The molecule has 0 aromatic heterocycles. The van der Waals surface area contributed by atoms with E-state index in [0.717, 1.165) is 11.1 Å². The molecule has 0 amide bonds. The fraction of sp³-hybridized carbons (Fsp3) is 0.176. The van der Waals surface area contributed by atoms with E-state index in [1.54, 1.807) is 0 Å². The van der Waals surface area contributed by atoms with Crippen molar-refractivity contribution >= 4 is 12.3 Å². The van der Waals surface area contributed by atoms with E-state index >= 15 is 0 Å². The van der Waals surface area contributed by atoms with Crippen LogP contribution in [0.5, 0.6) is 0 Å². The Balaban J connectivity index is 2.25. The van der Waals surface area contributed by atoms with E-state index in [0.29, 0.717) is 6.29 Å². The van der Waals surface area contributed by atoms with Gasteiger partial charge in [-0.2, -0.15) is 0 Å². The number of nitrogens with two attached hydrogens (primary N) is 1. The first kappa shape index (κ1) is 14.9. The van der Waals surface area contributed by atoms with Gasteiger partial charge in [-0.25, -0.2) is 0 Å². The Bertz CT molecular complexity index is 544. The summed E-state index contributed by atoms with van der Waals surface area (Å²) in [6.45, 7) is -0.113. The second-order valence-electron chi connectivity index (χ2n) is 4.68. The van der Waals surface area contributed by atoms with E-state index in [1.165, 1.54) is 0 Å². The molecular formula is C17H17NO3. The highest BCUT2D eigenvalue weighted by molar-refractivity contribution is 5.82. The van der Waals surface area contributed by atoms with Crippen LogP contribution in [0.3, 0.4) is 0 Å². The number of ether oxygens (including phenoxy) is 1. The van der Waals surface area contributed by atoms with Crippen molar-refractivity contribution in [2.24, 2.45) is 5.73 Å². The molecular weight excluding hydrogens is 266 g/mol. The third kappa shape index (κ3) is 4.00. The smallest absolute Gasteiger partial charge is 0.317 e. The van der Waals surface area contributed by atoms with Gasteiger partial charge in [-0.15, -0.1) is 0 Å². The van der Waals surface area contributed by atoms with Crippen molar-refractivity contribution in [3.05, 3.63) is 71.8 Å². The van der Waals surface area contributed by atoms with E-state index in [1.807, 2.05) is 60.7 Å². The number of esters is 1. The molecule has 0 spiro atoms. The average Bonchev–Trinajstić information content (AvgIpc) is 2.55. The molecule has 2 rings (SSSR count). The van der Waals surface area contributed by atoms with Crippen LogP contribution in [0.15, 0.2) is 60.7 Å². The fourth-order valence-corrected chi connectivity index (χ4v) is 2.06. The highest BCUT2D eigenvalue weighted by Gasteiger charge is 2.24. The Morgan fingerprint density at radius 2 is 1.48 bits per heavy atom. The fourth-order valence-electron chi connectivity index (χ4n) is 2.06. The summed E-state index contributed by atoms with van der Waals surface area (Å²) in [6.07, 6.45) is 0.563. The van der Waals surface area contributed by atoms with Crippen LogP contribution in [0.25, 0.3) is 0 Å². The highest BCUT2D eigenvalue weighted by Crippen LogP contribution is 2.25. The van der Waals surface area contributed by atoms with Crippen molar-refractivity contribution in [2.45, 2.75) is 12.0 Å². The Morgan fingerprint density at radius 3 is 1.90 bits per heavy atom. The third-order valence-corrected chi connectivity index (χ3v) is 3.09. The first-order valence-corrected chi connectivity index (χ1v) is 6.69. The van der Waals surface area contributed by atoms with Gasteiger partial charge in [0.25, 0.3) is 0 Å². The third-order valence-electron chi connectivity index (χ3n) is 3.09. The summed E-state index contributed by atoms with van der Waals surface area (Å²) in [5, 5.41) is 0. The molecule has 21 heavy (non-hydrogen) atoms. The Labute approximate surface area is 123 Å². The van der Waals surface area contributed by atoms with E-state index < -0.39 is 17.9 Å². The molecule has 0 fully saturated rings. The lowest BCUT2D eigenvalue weighted by molar-refractivity contribution is -0.145. The van der Waals surface area contributed by atoms with Crippen LogP contribution in [0, 0.1) is 0 Å². The number of carbonyl (C=O) groups excluding carboxylic acids is 2. The lowest BCUT2D eigenvalue weighted by atomic mass is 9.91. The molecule has 4 nitrogen and oxygen atoms in total. The van der Waals surface area contributed by atoms with Gasteiger partial charge in [0.05, 0.1) is 6.04 Å². The lowest BCUT2D eigenvalue weighted by Gasteiger charge is -2.17. The van der Waals surface area contributed by atoms with Gasteiger partial charge in [-0.3, -0.25) is 4.79 Å². The number of aldehydes is 1. The van der Waals surface area contributed by atoms with E-state index in [9.17, 15) is 9.59 Å². The second kappa shape index (κ2) is 7.36. The number of hydrogen-bond acceptors (Lipinski definition) is 4. The van der Waals surface area contributed by atoms with Gasteiger partial charge in [-0.05, 0) is 11.1 Å². The van der Waals surface area contributed by atoms with Gasteiger partial charge in [0.2, 0.25) is 0 Å². The van der Waals surface area contributed by atoms with Crippen LogP contribution in [-0.4, -0.2) is 24.9 Å². The maximum absolute atomic E-state index is 12.4. The molecule has 2 aromatic rings. The molecule has 0 saturated heterocycles. The van der Waals surface area contributed by atoms with Crippen LogP contribution in [0.4, 0.5) is 0 Å². The summed E-state index contributed by atoms with van der Waals surface area (Å²) >= 11 is 0. The Morgan fingerprint density at radius 1 is 1.00 bits per heavy atom. The van der Waals surface area contributed by atoms with Gasteiger partial charge >= 0.3 is 5.97 Å². The van der Waals surface area contributed by atoms with Gasteiger partial charge in [0.15, 0.2) is 0 Å². The molecule has 0 aliphatic carbocycles. The summed E-state index contributed by atoms with van der Waals surface area (Å²) in [7, 11) is 0. The summed E-state index contributed by atoms with van der Waals surface area (Å²) in [5.41, 5.74) is 7.14. The van der Waals surface area contributed by atoms with Crippen LogP contribution in [-0.2, 0) is 14.3 Å². The normalized spacial score (nSPS) is 11.9. The maximum Gasteiger partial charge on any atom is 0.317 e. The zero-order chi connectivity index (χ0) is 15.1. The SMILES string of the molecule is NC(C=O)COC(=O)C(c1ccccc1)c1ccccc1.